The molecule has 0 saturated carbocycles. The van der Waals surface area contributed by atoms with E-state index in [1.165, 1.54) is 31.3 Å². The van der Waals surface area contributed by atoms with Gasteiger partial charge in [-0.05, 0) is 39.8 Å². The van der Waals surface area contributed by atoms with E-state index < -0.39 is 29.6 Å². The standard InChI is InChI=1S/C24H30FN9O4/c1-14(29-23(35)38-24(2,3)4)18(13-36-5)31-21-17(25)9-15(11-26)20(32-21)30-16-10-19(22(37-6)27-12-16)34-8-7-28-33-34/h7-10,12,14,18H,13H2,1-6H3,(H,29,35)(H2,30,31,32)/t14-,18+/m0/s1. The fourth-order valence-electron chi connectivity index (χ4n) is 3.33. The fraction of sp³-hybridized carbons (Fsp3) is 0.417. The highest BCUT2D eigenvalue weighted by Crippen LogP contribution is 2.27. The van der Waals surface area contributed by atoms with Gasteiger partial charge in [-0.15, -0.1) is 5.10 Å². The lowest BCUT2D eigenvalue weighted by Gasteiger charge is -2.28. The molecule has 3 heterocycles. The minimum absolute atomic E-state index is 0.0330. The van der Waals surface area contributed by atoms with E-state index >= 15 is 0 Å². The van der Waals surface area contributed by atoms with Gasteiger partial charge < -0.3 is 30.2 Å². The van der Waals surface area contributed by atoms with E-state index in [0.717, 1.165) is 6.07 Å². The Labute approximate surface area is 219 Å². The maximum Gasteiger partial charge on any atom is 0.407 e. The second-order valence-electron chi connectivity index (χ2n) is 9.19. The van der Waals surface area contributed by atoms with E-state index in [1.807, 2.05) is 6.07 Å². The van der Waals surface area contributed by atoms with E-state index in [9.17, 15) is 14.4 Å². The summed E-state index contributed by atoms with van der Waals surface area (Å²) in [5, 5.41) is 26.0. The number of hydrogen-bond acceptors (Lipinski definition) is 11. The molecule has 0 aliphatic rings. The van der Waals surface area contributed by atoms with Crippen LogP contribution in [0.15, 0.2) is 30.7 Å². The van der Waals surface area contributed by atoms with Gasteiger partial charge in [0.1, 0.15) is 17.4 Å². The minimum atomic E-state index is -0.756. The number of ether oxygens (including phenoxy) is 3. The molecule has 0 saturated heterocycles. The monoisotopic (exact) mass is 527 g/mol. The summed E-state index contributed by atoms with van der Waals surface area (Å²) >= 11 is 0. The molecular formula is C24H30FN9O4. The molecule has 13 nitrogen and oxygen atoms in total. The largest absolute Gasteiger partial charge is 0.479 e. The van der Waals surface area contributed by atoms with Crippen molar-refractivity contribution in [1.82, 2.24) is 30.3 Å². The first-order valence-corrected chi connectivity index (χ1v) is 11.6. The number of anilines is 3. The number of rotatable bonds is 10. The number of methoxy groups -OCH3 is 2. The molecular weight excluding hydrogens is 497 g/mol. The summed E-state index contributed by atoms with van der Waals surface area (Å²) in [5.74, 6) is -0.528. The lowest BCUT2D eigenvalue weighted by molar-refractivity contribution is 0.0493. The lowest BCUT2D eigenvalue weighted by atomic mass is 10.1. The molecule has 0 fully saturated rings. The third-order valence-corrected chi connectivity index (χ3v) is 5.07. The summed E-state index contributed by atoms with van der Waals surface area (Å²) in [4.78, 5) is 20.8. The molecule has 0 aliphatic heterocycles. The Balaban J connectivity index is 1.87. The zero-order chi connectivity index (χ0) is 27.9. The van der Waals surface area contributed by atoms with Gasteiger partial charge in [-0.25, -0.2) is 23.8 Å². The summed E-state index contributed by atoms with van der Waals surface area (Å²) in [6, 6.07) is 3.54. The maximum atomic E-state index is 14.9. The third kappa shape index (κ3) is 7.26. The highest BCUT2D eigenvalue weighted by molar-refractivity contribution is 5.69. The van der Waals surface area contributed by atoms with Crippen LogP contribution < -0.4 is 20.7 Å². The van der Waals surface area contributed by atoms with Gasteiger partial charge in [0, 0.05) is 7.11 Å². The molecule has 2 atom stereocenters. The van der Waals surface area contributed by atoms with E-state index in [2.05, 4.69) is 36.2 Å². The van der Waals surface area contributed by atoms with Gasteiger partial charge in [-0.2, -0.15) is 5.26 Å². The van der Waals surface area contributed by atoms with Gasteiger partial charge in [0.2, 0.25) is 5.88 Å². The summed E-state index contributed by atoms with van der Waals surface area (Å²) in [6.45, 7) is 7.08. The second kappa shape index (κ2) is 12.2. The number of carbonyl (C=O) groups excluding carboxylic acids is 1. The van der Waals surface area contributed by atoms with Crippen molar-refractivity contribution in [3.8, 4) is 17.6 Å². The average molecular weight is 528 g/mol. The van der Waals surface area contributed by atoms with Crippen LogP contribution in [0.1, 0.15) is 33.3 Å². The van der Waals surface area contributed by atoms with Crippen LogP contribution in [-0.4, -0.2) is 69.6 Å². The van der Waals surface area contributed by atoms with Gasteiger partial charge in [-0.1, -0.05) is 5.21 Å². The normalized spacial score (nSPS) is 12.7. The van der Waals surface area contributed by atoms with Crippen LogP contribution in [0.3, 0.4) is 0 Å². The second-order valence-corrected chi connectivity index (χ2v) is 9.19. The Kier molecular flexibility index (Phi) is 8.98. The maximum absolute atomic E-state index is 14.9. The Morgan fingerprint density at radius 1 is 1.26 bits per heavy atom. The molecule has 202 valence electrons. The molecule has 0 aromatic carbocycles. The number of hydrogen-bond donors (Lipinski definition) is 3. The molecule has 3 N–H and O–H groups in total. The van der Waals surface area contributed by atoms with Crippen LogP contribution in [0.5, 0.6) is 5.88 Å². The van der Waals surface area contributed by atoms with Crippen molar-refractivity contribution in [2.75, 3.05) is 31.5 Å². The summed E-state index contributed by atoms with van der Waals surface area (Å²) < 4.78 is 32.3. The lowest BCUT2D eigenvalue weighted by Crippen LogP contribution is -2.48. The van der Waals surface area contributed by atoms with Crippen molar-refractivity contribution in [3.05, 3.63) is 42.1 Å². The number of nitrogens with zero attached hydrogens (tertiary/aromatic N) is 6. The molecule has 0 spiro atoms. The van der Waals surface area contributed by atoms with Crippen LogP contribution in [-0.2, 0) is 9.47 Å². The fourth-order valence-corrected chi connectivity index (χ4v) is 3.33. The number of alkyl carbamates (subject to hydrolysis) is 1. The van der Waals surface area contributed by atoms with E-state index in [1.54, 1.807) is 40.0 Å². The number of nitriles is 1. The molecule has 38 heavy (non-hydrogen) atoms. The van der Waals surface area contributed by atoms with Gasteiger partial charge in [-0.3, -0.25) is 0 Å². The average Bonchev–Trinajstić information content (AvgIpc) is 3.39. The molecule has 0 unspecified atom stereocenters. The number of aromatic nitrogens is 5. The van der Waals surface area contributed by atoms with Crippen LogP contribution >= 0.6 is 0 Å². The molecule has 0 radical (unpaired) electrons. The van der Waals surface area contributed by atoms with Gasteiger partial charge in [0.05, 0.1) is 55.6 Å². The van der Waals surface area contributed by atoms with Crippen molar-refractivity contribution in [2.24, 2.45) is 0 Å². The molecule has 1 amide bonds. The highest BCUT2D eigenvalue weighted by atomic mass is 19.1. The Morgan fingerprint density at radius 3 is 2.63 bits per heavy atom. The molecule has 3 aromatic rings. The summed E-state index contributed by atoms with van der Waals surface area (Å²) in [6.07, 6.45) is 3.96. The van der Waals surface area contributed by atoms with Crippen molar-refractivity contribution < 1.29 is 23.4 Å². The number of nitrogens with one attached hydrogen (secondary N) is 3. The van der Waals surface area contributed by atoms with Gasteiger partial charge in [0.15, 0.2) is 17.5 Å². The third-order valence-electron chi connectivity index (χ3n) is 5.07. The topological polar surface area (TPSA) is 161 Å². The number of amides is 1. The van der Waals surface area contributed by atoms with Crippen molar-refractivity contribution in [2.45, 2.75) is 45.4 Å². The SMILES string of the molecule is COC[C@@H](Nc1nc(Nc2cnc(OC)c(-n3ccnn3)c2)c(C#N)cc1F)[C@H](C)NC(=O)OC(C)(C)C. The van der Waals surface area contributed by atoms with Crippen LogP contribution in [0.4, 0.5) is 26.5 Å². The first-order valence-electron chi connectivity index (χ1n) is 11.6. The Bertz CT molecular complexity index is 1290. The first kappa shape index (κ1) is 28.1. The summed E-state index contributed by atoms with van der Waals surface area (Å²) in [5.41, 5.74) is 0.205. The minimum Gasteiger partial charge on any atom is -0.479 e. The van der Waals surface area contributed by atoms with Crippen LogP contribution in [0.25, 0.3) is 5.69 Å². The number of carbonyl (C=O) groups is 1. The zero-order valence-electron chi connectivity index (χ0n) is 21.9. The molecule has 0 aliphatic carbocycles. The van der Waals surface area contributed by atoms with Crippen molar-refractivity contribution >= 4 is 23.4 Å². The predicted octanol–water partition coefficient (Wildman–Crippen LogP) is 3.16. The zero-order valence-corrected chi connectivity index (χ0v) is 21.9. The smallest absolute Gasteiger partial charge is 0.407 e. The predicted molar refractivity (Wildman–Crippen MR) is 136 cm³/mol. The Morgan fingerprint density at radius 2 is 2.03 bits per heavy atom. The van der Waals surface area contributed by atoms with Crippen molar-refractivity contribution in [1.29, 1.82) is 5.26 Å². The molecule has 0 bridgehead atoms. The number of pyridine rings is 2. The number of halogens is 1. The Hall–Kier alpha value is -4.51. The summed E-state index contributed by atoms with van der Waals surface area (Å²) in [7, 11) is 2.95. The van der Waals surface area contributed by atoms with Crippen molar-refractivity contribution in [3.63, 3.8) is 0 Å². The molecule has 3 aromatic heterocycles. The highest BCUT2D eigenvalue weighted by Gasteiger charge is 2.25. The van der Waals surface area contributed by atoms with E-state index in [0.29, 0.717) is 17.3 Å². The molecule has 3 rings (SSSR count). The first-order chi connectivity index (χ1) is 18.0. The molecule has 14 heteroatoms. The van der Waals surface area contributed by atoms with E-state index in [4.69, 9.17) is 14.2 Å². The van der Waals surface area contributed by atoms with Gasteiger partial charge in [0.25, 0.3) is 0 Å². The quantitative estimate of drug-likeness (QED) is 0.355. The van der Waals surface area contributed by atoms with Crippen LogP contribution in [0, 0.1) is 17.1 Å². The van der Waals surface area contributed by atoms with Gasteiger partial charge >= 0.3 is 6.09 Å². The van der Waals surface area contributed by atoms with Crippen LogP contribution in [0.2, 0.25) is 0 Å². The van der Waals surface area contributed by atoms with E-state index in [-0.39, 0.29) is 23.8 Å².